The maximum atomic E-state index is 12.5. The van der Waals surface area contributed by atoms with E-state index in [1.54, 1.807) is 31.2 Å². The largest absolute Gasteiger partial charge is 0.489 e. The van der Waals surface area contributed by atoms with Crippen molar-refractivity contribution in [2.75, 3.05) is 0 Å². The molecule has 0 unspecified atom stereocenters. The summed E-state index contributed by atoms with van der Waals surface area (Å²) in [5.74, 6) is 1.54. The van der Waals surface area contributed by atoms with Crippen LogP contribution in [-0.2, 0) is 16.1 Å². The van der Waals surface area contributed by atoms with Gasteiger partial charge in [-0.25, -0.2) is 4.79 Å². The van der Waals surface area contributed by atoms with E-state index < -0.39 is 12.1 Å². The van der Waals surface area contributed by atoms with Crippen LogP contribution in [0.15, 0.2) is 28.8 Å². The number of hydrogen-bond donors (Lipinski definition) is 1. The van der Waals surface area contributed by atoms with E-state index in [2.05, 4.69) is 24.3 Å². The van der Waals surface area contributed by atoms with Crippen LogP contribution in [0.5, 0.6) is 5.75 Å². The summed E-state index contributed by atoms with van der Waals surface area (Å²) in [5, 5.41) is 6.96. The van der Waals surface area contributed by atoms with Gasteiger partial charge in [0.05, 0.1) is 16.8 Å². The second-order valence-electron chi connectivity index (χ2n) is 8.55. The Bertz CT molecular complexity index is 886. The standard InChI is InChI=1S/C24H32N2O5/c1-14-7-6-8-22(15(14)2)25-23(27)18(5)30-24(28)19-9-11-20(12-10-19)29-13-21-16(3)26-31-17(21)4/h9-12,14-15,18,22H,6-8,13H2,1-5H3,(H,25,27)/t14-,15-,18-,22+/m0/s1. The molecule has 1 aromatic carbocycles. The zero-order valence-electron chi connectivity index (χ0n) is 18.9. The van der Waals surface area contributed by atoms with Crippen molar-refractivity contribution in [2.24, 2.45) is 11.8 Å². The first-order chi connectivity index (χ1) is 14.8. The van der Waals surface area contributed by atoms with Crippen LogP contribution in [0.3, 0.4) is 0 Å². The molecular weight excluding hydrogens is 396 g/mol. The number of rotatable bonds is 7. The van der Waals surface area contributed by atoms with Crippen molar-refractivity contribution in [3.8, 4) is 5.75 Å². The molecule has 1 fully saturated rings. The average molecular weight is 429 g/mol. The van der Waals surface area contributed by atoms with Gasteiger partial charge in [0.1, 0.15) is 18.1 Å². The van der Waals surface area contributed by atoms with Gasteiger partial charge in [-0.15, -0.1) is 0 Å². The molecule has 0 aliphatic heterocycles. The molecule has 7 nitrogen and oxygen atoms in total. The molecule has 1 saturated carbocycles. The third-order valence-corrected chi connectivity index (χ3v) is 6.34. The van der Waals surface area contributed by atoms with Gasteiger partial charge in [0.2, 0.25) is 0 Å². The first-order valence-electron chi connectivity index (χ1n) is 10.9. The summed E-state index contributed by atoms with van der Waals surface area (Å²) in [5.41, 5.74) is 2.07. The molecule has 7 heteroatoms. The van der Waals surface area contributed by atoms with Gasteiger partial charge in [-0.1, -0.05) is 31.8 Å². The van der Waals surface area contributed by atoms with E-state index in [9.17, 15) is 9.59 Å². The number of benzene rings is 1. The molecule has 4 atom stereocenters. The minimum atomic E-state index is -0.854. The first kappa shape index (κ1) is 22.8. The minimum absolute atomic E-state index is 0.131. The summed E-state index contributed by atoms with van der Waals surface area (Å²) in [6.07, 6.45) is 2.41. The molecule has 2 aromatic rings. The van der Waals surface area contributed by atoms with Gasteiger partial charge in [0.15, 0.2) is 6.10 Å². The summed E-state index contributed by atoms with van der Waals surface area (Å²) < 4.78 is 16.3. The van der Waals surface area contributed by atoms with Crippen LogP contribution in [-0.4, -0.2) is 29.2 Å². The zero-order valence-corrected chi connectivity index (χ0v) is 18.9. The van der Waals surface area contributed by atoms with E-state index in [-0.39, 0.29) is 11.9 Å². The molecule has 31 heavy (non-hydrogen) atoms. The van der Waals surface area contributed by atoms with Crippen LogP contribution in [0.1, 0.15) is 67.4 Å². The number of amides is 1. The van der Waals surface area contributed by atoms with Crippen LogP contribution in [0, 0.1) is 25.7 Å². The Morgan fingerprint density at radius 3 is 2.55 bits per heavy atom. The quantitative estimate of drug-likeness (QED) is 0.659. The highest BCUT2D eigenvalue weighted by Gasteiger charge is 2.30. The van der Waals surface area contributed by atoms with Gasteiger partial charge >= 0.3 is 5.97 Å². The predicted octanol–water partition coefficient (Wildman–Crippen LogP) is 4.36. The van der Waals surface area contributed by atoms with Gasteiger partial charge in [-0.05, 0) is 63.3 Å². The molecule has 0 saturated heterocycles. The maximum absolute atomic E-state index is 12.5. The second-order valence-corrected chi connectivity index (χ2v) is 8.55. The van der Waals surface area contributed by atoms with Crippen LogP contribution in [0.25, 0.3) is 0 Å². The molecule has 0 spiro atoms. The first-order valence-corrected chi connectivity index (χ1v) is 10.9. The van der Waals surface area contributed by atoms with E-state index in [1.807, 2.05) is 13.8 Å². The van der Waals surface area contributed by atoms with E-state index in [0.29, 0.717) is 29.8 Å². The van der Waals surface area contributed by atoms with Crippen LogP contribution < -0.4 is 10.1 Å². The molecule has 1 aliphatic rings. The zero-order chi connectivity index (χ0) is 22.5. The Morgan fingerprint density at radius 2 is 1.90 bits per heavy atom. The number of carbonyl (C=O) groups excluding carboxylic acids is 2. The topological polar surface area (TPSA) is 90.7 Å². The van der Waals surface area contributed by atoms with Gasteiger partial charge < -0.3 is 19.3 Å². The van der Waals surface area contributed by atoms with E-state index in [1.165, 1.54) is 6.42 Å². The van der Waals surface area contributed by atoms with Gasteiger partial charge in [-0.3, -0.25) is 4.79 Å². The molecule has 1 amide bonds. The van der Waals surface area contributed by atoms with E-state index in [4.69, 9.17) is 14.0 Å². The van der Waals surface area contributed by atoms with Crippen LogP contribution in [0.4, 0.5) is 0 Å². The number of esters is 1. The highest BCUT2D eigenvalue weighted by molar-refractivity contribution is 5.92. The number of aromatic nitrogens is 1. The Kier molecular flexibility index (Phi) is 7.36. The predicted molar refractivity (Wildman–Crippen MR) is 116 cm³/mol. The number of nitrogens with one attached hydrogen (secondary N) is 1. The highest BCUT2D eigenvalue weighted by atomic mass is 16.5. The number of aryl methyl sites for hydroxylation is 2. The summed E-state index contributed by atoms with van der Waals surface area (Å²) in [7, 11) is 0. The normalized spacial score (nSPS) is 21.9. The van der Waals surface area contributed by atoms with E-state index >= 15 is 0 Å². The van der Waals surface area contributed by atoms with Crippen molar-refractivity contribution < 1.29 is 23.6 Å². The van der Waals surface area contributed by atoms with Gasteiger partial charge in [0, 0.05) is 6.04 Å². The minimum Gasteiger partial charge on any atom is -0.489 e. The summed E-state index contributed by atoms with van der Waals surface area (Å²) in [6.45, 7) is 10.0. The molecule has 0 radical (unpaired) electrons. The third-order valence-electron chi connectivity index (χ3n) is 6.34. The van der Waals surface area contributed by atoms with Crippen molar-refractivity contribution in [1.82, 2.24) is 10.5 Å². The number of ether oxygens (including phenoxy) is 2. The molecule has 168 valence electrons. The number of nitrogens with zero attached hydrogens (tertiary/aromatic N) is 1. The Morgan fingerprint density at radius 1 is 1.19 bits per heavy atom. The SMILES string of the molecule is Cc1noc(C)c1COc1ccc(C(=O)O[C@@H](C)C(=O)N[C@@H]2CCC[C@H](C)[C@@H]2C)cc1. The van der Waals surface area contributed by atoms with Crippen molar-refractivity contribution in [3.05, 3.63) is 46.8 Å². The molecule has 1 heterocycles. The lowest BCUT2D eigenvalue weighted by Gasteiger charge is -2.35. The smallest absolute Gasteiger partial charge is 0.338 e. The Labute approximate surface area is 183 Å². The summed E-state index contributed by atoms with van der Waals surface area (Å²) in [4.78, 5) is 25.0. The van der Waals surface area contributed by atoms with Crippen LogP contribution in [0.2, 0.25) is 0 Å². The fraction of sp³-hybridized carbons (Fsp3) is 0.542. The Balaban J connectivity index is 1.51. The lowest BCUT2D eigenvalue weighted by molar-refractivity contribution is -0.130. The Hall–Kier alpha value is -2.83. The molecule has 1 aromatic heterocycles. The lowest BCUT2D eigenvalue weighted by atomic mass is 9.78. The third kappa shape index (κ3) is 5.66. The van der Waals surface area contributed by atoms with E-state index in [0.717, 1.165) is 29.9 Å². The molecular formula is C24H32N2O5. The molecule has 1 aliphatic carbocycles. The number of carbonyl (C=O) groups is 2. The van der Waals surface area contributed by atoms with Crippen molar-refractivity contribution in [2.45, 2.75) is 72.6 Å². The second kappa shape index (κ2) is 9.98. The fourth-order valence-electron chi connectivity index (χ4n) is 3.92. The van der Waals surface area contributed by atoms with Gasteiger partial charge in [0.25, 0.3) is 5.91 Å². The summed E-state index contributed by atoms with van der Waals surface area (Å²) in [6, 6.07) is 6.78. The number of hydrogen-bond acceptors (Lipinski definition) is 6. The van der Waals surface area contributed by atoms with Gasteiger partial charge in [-0.2, -0.15) is 0 Å². The fourth-order valence-corrected chi connectivity index (χ4v) is 3.92. The molecule has 3 rings (SSSR count). The monoisotopic (exact) mass is 428 g/mol. The molecule has 0 bridgehead atoms. The van der Waals surface area contributed by atoms with Crippen LogP contribution >= 0.6 is 0 Å². The van der Waals surface area contributed by atoms with Crippen molar-refractivity contribution in [1.29, 1.82) is 0 Å². The van der Waals surface area contributed by atoms with Crippen molar-refractivity contribution >= 4 is 11.9 Å². The lowest BCUT2D eigenvalue weighted by Crippen LogP contribution is -2.47. The molecule has 1 N–H and O–H groups in total. The highest BCUT2D eigenvalue weighted by Crippen LogP contribution is 2.29. The average Bonchev–Trinajstić information content (AvgIpc) is 3.07. The summed E-state index contributed by atoms with van der Waals surface area (Å²) >= 11 is 0. The van der Waals surface area contributed by atoms with Crippen molar-refractivity contribution in [3.63, 3.8) is 0 Å². The maximum Gasteiger partial charge on any atom is 0.338 e.